The number of piperidine rings is 1. The van der Waals surface area contributed by atoms with Crippen LogP contribution in [0.1, 0.15) is 46.9 Å². The van der Waals surface area contributed by atoms with Crippen molar-refractivity contribution in [2.45, 2.75) is 44.6 Å². The van der Waals surface area contributed by atoms with Crippen LogP contribution in [0.2, 0.25) is 0 Å². The minimum atomic E-state index is -1.11. The third kappa shape index (κ3) is 4.95. The zero-order valence-electron chi connectivity index (χ0n) is 24.5. The van der Waals surface area contributed by atoms with Gasteiger partial charge in [-0.2, -0.15) is 4.90 Å². The number of urea groups is 1. The fraction of sp³-hybridized carbons (Fsp3) is 0.364. The van der Waals surface area contributed by atoms with Gasteiger partial charge in [-0.25, -0.2) is 4.79 Å². The molecule has 0 spiro atoms. The molecule has 5 aliphatic rings. The Morgan fingerprint density at radius 2 is 1.58 bits per heavy atom. The van der Waals surface area contributed by atoms with E-state index < -0.39 is 52.6 Å². The summed E-state index contributed by atoms with van der Waals surface area (Å²) in [5.74, 6) is -3.58. The van der Waals surface area contributed by atoms with Crippen LogP contribution in [0, 0.1) is 27.9 Å². The number of imide groups is 3. The highest BCUT2D eigenvalue weighted by molar-refractivity contribution is 6.17. The molecule has 2 bridgehead atoms. The fourth-order valence-electron chi connectivity index (χ4n) is 7.76. The van der Waals surface area contributed by atoms with Crippen molar-refractivity contribution in [2.75, 3.05) is 13.1 Å². The number of carbonyl (C=O) groups excluding carboxylic acids is 3. The second-order valence-electron chi connectivity index (χ2n) is 12.2. The number of rotatable bonds is 8. The van der Waals surface area contributed by atoms with Crippen molar-refractivity contribution in [1.29, 1.82) is 0 Å². The number of likely N-dealkylation sites (tertiary alicyclic amines) is 2. The monoisotopic (exact) mass is 611 g/mol. The Balaban J connectivity index is 1.35. The van der Waals surface area contributed by atoms with Crippen LogP contribution >= 0.6 is 0 Å². The van der Waals surface area contributed by atoms with Crippen LogP contribution in [-0.2, 0) is 29.3 Å². The van der Waals surface area contributed by atoms with Gasteiger partial charge in [0.2, 0.25) is 11.8 Å². The van der Waals surface area contributed by atoms with Crippen molar-refractivity contribution in [3.05, 3.63) is 105 Å². The smallest absolute Gasteiger partial charge is 0.404 e. The number of nitrogens with two attached hydrogens (primary N) is 1. The summed E-state index contributed by atoms with van der Waals surface area (Å²) in [7, 11) is 0. The molecule has 2 aromatic carbocycles. The normalized spacial score (nSPS) is 26.4. The van der Waals surface area contributed by atoms with E-state index in [-0.39, 0.29) is 19.0 Å². The fourth-order valence-corrected chi connectivity index (χ4v) is 7.76. The SMILES string of the molecule is NC(=O)N1C(=O)C2C(C1=O)C1C=C(c3ccc(CO)cc3)C2C(c2ccc(CN3CCCC3)cc2)N1Cc1ccc([N+](=O)[O-])o1. The van der Waals surface area contributed by atoms with Crippen molar-refractivity contribution in [3.63, 3.8) is 0 Å². The average Bonchev–Trinajstić information content (AvgIpc) is 3.79. The van der Waals surface area contributed by atoms with Crippen molar-refractivity contribution in [1.82, 2.24) is 14.7 Å². The topological polar surface area (TPSA) is 163 Å². The number of fused-ring (bicyclic) bond motifs is 1. The maximum Gasteiger partial charge on any atom is 0.433 e. The number of amides is 4. The highest BCUT2D eigenvalue weighted by atomic mass is 16.6. The minimum absolute atomic E-state index is 0.119. The van der Waals surface area contributed by atoms with E-state index in [1.807, 2.05) is 47.4 Å². The largest absolute Gasteiger partial charge is 0.433 e. The van der Waals surface area contributed by atoms with E-state index >= 15 is 0 Å². The van der Waals surface area contributed by atoms with Crippen LogP contribution in [0.4, 0.5) is 10.7 Å². The molecular formula is C33H33N5O7. The Labute approximate surface area is 258 Å². The Morgan fingerprint density at radius 3 is 2.20 bits per heavy atom. The lowest BCUT2D eigenvalue weighted by Crippen LogP contribution is -2.58. The lowest BCUT2D eigenvalue weighted by Gasteiger charge is -2.54. The maximum atomic E-state index is 13.9. The van der Waals surface area contributed by atoms with Crippen LogP contribution < -0.4 is 5.73 Å². The number of hydrogen-bond acceptors (Lipinski definition) is 9. The second-order valence-corrected chi connectivity index (χ2v) is 12.2. The molecule has 5 heterocycles. The van der Waals surface area contributed by atoms with Gasteiger partial charge in [0.05, 0.1) is 31.1 Å². The van der Waals surface area contributed by atoms with Crippen LogP contribution in [0.25, 0.3) is 5.57 Å². The van der Waals surface area contributed by atoms with E-state index in [1.54, 1.807) is 6.07 Å². The minimum Gasteiger partial charge on any atom is -0.404 e. The number of aliphatic hydroxyl groups is 1. The Kier molecular flexibility index (Phi) is 7.35. The summed E-state index contributed by atoms with van der Waals surface area (Å²) in [4.78, 5) is 55.7. The number of aliphatic hydroxyl groups excluding tert-OH is 1. The highest BCUT2D eigenvalue weighted by Gasteiger charge is 2.65. The third-order valence-corrected chi connectivity index (χ3v) is 9.72. The van der Waals surface area contributed by atoms with Crippen molar-refractivity contribution >= 4 is 29.3 Å². The predicted octanol–water partition coefficient (Wildman–Crippen LogP) is 3.59. The Bertz CT molecular complexity index is 1690. The maximum absolute atomic E-state index is 13.9. The first-order valence-corrected chi connectivity index (χ1v) is 15.1. The molecule has 12 nitrogen and oxygen atoms in total. The lowest BCUT2D eigenvalue weighted by atomic mass is 9.60. The molecule has 232 valence electrons. The molecule has 1 aromatic heterocycles. The van der Waals surface area contributed by atoms with Crippen LogP contribution in [0.5, 0.6) is 0 Å². The molecule has 4 aliphatic heterocycles. The molecule has 3 aromatic rings. The van der Waals surface area contributed by atoms with Gasteiger partial charge in [-0.15, -0.1) is 0 Å². The van der Waals surface area contributed by atoms with E-state index in [0.717, 1.165) is 47.5 Å². The molecule has 3 fully saturated rings. The predicted molar refractivity (Wildman–Crippen MR) is 161 cm³/mol. The van der Waals surface area contributed by atoms with E-state index in [2.05, 4.69) is 17.0 Å². The molecule has 8 rings (SSSR count). The number of hydrogen-bond donors (Lipinski definition) is 2. The molecule has 0 radical (unpaired) electrons. The van der Waals surface area contributed by atoms with Gasteiger partial charge in [0, 0.05) is 24.5 Å². The molecule has 12 heteroatoms. The molecule has 45 heavy (non-hydrogen) atoms. The van der Waals surface area contributed by atoms with Gasteiger partial charge in [0.1, 0.15) is 10.7 Å². The van der Waals surface area contributed by atoms with Gasteiger partial charge in [-0.1, -0.05) is 54.6 Å². The Morgan fingerprint density at radius 1 is 0.911 bits per heavy atom. The quantitative estimate of drug-likeness (QED) is 0.220. The number of nitrogens with zero attached hydrogens (tertiary/aromatic N) is 4. The summed E-state index contributed by atoms with van der Waals surface area (Å²) >= 11 is 0. The zero-order chi connectivity index (χ0) is 31.4. The van der Waals surface area contributed by atoms with Crippen molar-refractivity contribution in [3.8, 4) is 0 Å². The summed E-state index contributed by atoms with van der Waals surface area (Å²) in [5.41, 5.74) is 10.0. The summed E-state index contributed by atoms with van der Waals surface area (Å²) in [6.07, 6.45) is 4.34. The standard InChI is InChI=1S/C33H33N5O7/c34-33(42)37-31(40)28-25-15-24(21-7-5-20(18-39)6-8-21)27(29(28)32(37)41)30(36(25)17-23-11-12-26(45-23)38(43)44)22-9-3-19(4-10-22)16-35-13-1-2-14-35/h3-12,15,25,27-30,39H,1-2,13-14,16-18H2,(H2,34,42). The van der Waals surface area contributed by atoms with Crippen LogP contribution in [0.3, 0.4) is 0 Å². The lowest BCUT2D eigenvalue weighted by molar-refractivity contribution is -0.402. The van der Waals surface area contributed by atoms with Crippen molar-refractivity contribution < 1.29 is 28.8 Å². The summed E-state index contributed by atoms with van der Waals surface area (Å²) < 4.78 is 5.56. The van der Waals surface area contributed by atoms with E-state index in [1.165, 1.54) is 18.9 Å². The van der Waals surface area contributed by atoms with E-state index in [0.29, 0.717) is 10.7 Å². The van der Waals surface area contributed by atoms with Crippen molar-refractivity contribution in [2.24, 2.45) is 23.5 Å². The number of nitro groups is 1. The van der Waals surface area contributed by atoms with Gasteiger partial charge < -0.3 is 15.3 Å². The van der Waals surface area contributed by atoms with Crippen LogP contribution in [0.15, 0.2) is 71.2 Å². The molecular weight excluding hydrogens is 578 g/mol. The van der Waals surface area contributed by atoms with Gasteiger partial charge >= 0.3 is 11.9 Å². The third-order valence-electron chi connectivity index (χ3n) is 9.72. The van der Waals surface area contributed by atoms with Crippen LogP contribution in [-0.4, -0.2) is 61.7 Å². The molecule has 5 unspecified atom stereocenters. The van der Waals surface area contributed by atoms with Gasteiger partial charge in [-0.3, -0.25) is 29.5 Å². The molecule has 5 atom stereocenters. The summed E-state index contributed by atoms with van der Waals surface area (Å²) in [6, 6.07) is 16.3. The molecule has 4 amide bonds. The first-order valence-electron chi connectivity index (χ1n) is 15.1. The number of benzene rings is 2. The number of furan rings is 1. The molecule has 3 saturated heterocycles. The molecule has 0 saturated carbocycles. The zero-order valence-corrected chi connectivity index (χ0v) is 24.5. The number of carbonyl (C=O) groups is 3. The Hall–Kier alpha value is -4.65. The summed E-state index contributed by atoms with van der Waals surface area (Å²) in [5, 5.41) is 21.0. The molecule has 1 aliphatic carbocycles. The average molecular weight is 612 g/mol. The van der Waals surface area contributed by atoms with E-state index in [4.69, 9.17) is 10.2 Å². The summed E-state index contributed by atoms with van der Waals surface area (Å²) in [6.45, 7) is 2.98. The van der Waals surface area contributed by atoms with Gasteiger partial charge in [-0.05, 0) is 59.8 Å². The van der Waals surface area contributed by atoms with Gasteiger partial charge in [0.15, 0.2) is 0 Å². The molecule has 3 N–H and O–H groups in total. The number of primary amides is 1. The first-order chi connectivity index (χ1) is 21.7. The highest BCUT2D eigenvalue weighted by Crippen LogP contribution is 2.58. The first kappa shape index (κ1) is 29.1. The second kappa shape index (κ2) is 11.4. The van der Waals surface area contributed by atoms with Gasteiger partial charge in [0.25, 0.3) is 0 Å². The van der Waals surface area contributed by atoms with E-state index in [9.17, 15) is 29.6 Å².